The van der Waals surface area contributed by atoms with Crippen LogP contribution < -0.4 is 4.74 Å². The van der Waals surface area contributed by atoms with Crippen molar-refractivity contribution in [2.45, 2.75) is 6.61 Å². The average molecular weight is 206 g/mol. The van der Waals surface area contributed by atoms with Crippen molar-refractivity contribution in [2.75, 3.05) is 7.11 Å². The fourth-order valence-corrected chi connectivity index (χ4v) is 1.15. The van der Waals surface area contributed by atoms with Crippen LogP contribution in [0.3, 0.4) is 0 Å². The Morgan fingerprint density at radius 3 is 3.00 bits per heavy atom. The van der Waals surface area contributed by atoms with Crippen LogP contribution in [0.1, 0.15) is 5.82 Å². The number of benzene rings is 1. The van der Waals surface area contributed by atoms with Crippen molar-refractivity contribution in [1.82, 2.24) is 20.2 Å². The Balaban J connectivity index is 2.35. The predicted molar refractivity (Wildman–Crippen MR) is 51.6 cm³/mol. The summed E-state index contributed by atoms with van der Waals surface area (Å²) in [5.41, 5.74) is 0.738. The number of ether oxygens (including phenoxy) is 1. The molecule has 1 aromatic heterocycles. The fraction of sp³-hybridized carbons (Fsp3) is 0.222. The molecule has 1 N–H and O–H groups in total. The number of methoxy groups -OCH3 is 1. The molecule has 6 heteroatoms. The molecule has 0 aliphatic rings. The Labute approximate surface area is 86.1 Å². The molecule has 0 saturated heterocycles. The molecule has 2 rings (SSSR count). The lowest BCUT2D eigenvalue weighted by Gasteiger charge is -2.01. The van der Waals surface area contributed by atoms with E-state index in [0.717, 1.165) is 11.4 Å². The largest absolute Gasteiger partial charge is 0.497 e. The van der Waals surface area contributed by atoms with E-state index >= 15 is 0 Å². The lowest BCUT2D eigenvalue weighted by Crippen LogP contribution is -1.99. The number of aliphatic hydroxyl groups excluding tert-OH is 1. The van der Waals surface area contributed by atoms with Gasteiger partial charge in [-0.1, -0.05) is 6.07 Å². The highest BCUT2D eigenvalue weighted by atomic mass is 16.5. The summed E-state index contributed by atoms with van der Waals surface area (Å²) in [7, 11) is 1.59. The first-order chi connectivity index (χ1) is 7.33. The summed E-state index contributed by atoms with van der Waals surface area (Å²) >= 11 is 0. The van der Waals surface area contributed by atoms with Crippen molar-refractivity contribution < 1.29 is 9.84 Å². The minimum absolute atomic E-state index is 0.218. The fourth-order valence-electron chi connectivity index (χ4n) is 1.15. The molecule has 0 atom stereocenters. The Morgan fingerprint density at radius 2 is 2.33 bits per heavy atom. The third kappa shape index (κ3) is 1.94. The molecule has 0 spiro atoms. The molecule has 1 aromatic carbocycles. The van der Waals surface area contributed by atoms with Gasteiger partial charge >= 0.3 is 0 Å². The Bertz CT molecular complexity index is 455. The van der Waals surface area contributed by atoms with Crippen molar-refractivity contribution in [3.63, 3.8) is 0 Å². The van der Waals surface area contributed by atoms with Gasteiger partial charge in [0.2, 0.25) is 5.82 Å². The summed E-state index contributed by atoms with van der Waals surface area (Å²) in [6, 6.07) is 7.26. The molecule has 0 unspecified atom stereocenters. The number of aliphatic hydroxyl groups is 1. The Morgan fingerprint density at radius 1 is 1.47 bits per heavy atom. The lowest BCUT2D eigenvalue weighted by molar-refractivity contribution is 0.271. The maximum atomic E-state index is 8.80. The highest BCUT2D eigenvalue weighted by molar-refractivity contribution is 5.37. The molecule has 0 fully saturated rings. The second-order valence-corrected chi connectivity index (χ2v) is 2.85. The molecule has 15 heavy (non-hydrogen) atoms. The van der Waals surface area contributed by atoms with Gasteiger partial charge in [0, 0.05) is 6.07 Å². The second kappa shape index (κ2) is 4.05. The molecule has 0 aliphatic carbocycles. The van der Waals surface area contributed by atoms with Gasteiger partial charge in [0.25, 0.3) is 0 Å². The molecule has 0 bridgehead atoms. The van der Waals surface area contributed by atoms with Crippen LogP contribution in [0.15, 0.2) is 24.3 Å². The van der Waals surface area contributed by atoms with E-state index in [-0.39, 0.29) is 12.4 Å². The second-order valence-electron chi connectivity index (χ2n) is 2.85. The highest BCUT2D eigenvalue weighted by Gasteiger charge is 2.03. The Kier molecular flexibility index (Phi) is 2.59. The number of hydrogen-bond donors (Lipinski definition) is 1. The Hall–Kier alpha value is -1.95. The zero-order valence-electron chi connectivity index (χ0n) is 8.16. The van der Waals surface area contributed by atoms with E-state index in [4.69, 9.17) is 9.84 Å². The van der Waals surface area contributed by atoms with Gasteiger partial charge in [-0.15, -0.1) is 15.0 Å². The molecule has 78 valence electrons. The third-order valence-electron chi connectivity index (χ3n) is 1.88. The zero-order valence-corrected chi connectivity index (χ0v) is 8.16. The van der Waals surface area contributed by atoms with Crippen LogP contribution in [-0.2, 0) is 6.61 Å². The summed E-state index contributed by atoms with van der Waals surface area (Å²) < 4.78 is 5.07. The summed E-state index contributed by atoms with van der Waals surface area (Å²) in [5, 5.41) is 20.2. The minimum Gasteiger partial charge on any atom is -0.497 e. The number of tetrazole rings is 1. The minimum atomic E-state index is -0.218. The van der Waals surface area contributed by atoms with Crippen molar-refractivity contribution >= 4 is 0 Å². The van der Waals surface area contributed by atoms with Gasteiger partial charge in [-0.3, -0.25) is 0 Å². The molecule has 0 radical (unpaired) electrons. The first-order valence-electron chi connectivity index (χ1n) is 4.37. The average Bonchev–Trinajstić information content (AvgIpc) is 2.78. The van der Waals surface area contributed by atoms with Gasteiger partial charge < -0.3 is 9.84 Å². The molecule has 2 aromatic rings. The highest BCUT2D eigenvalue weighted by Crippen LogP contribution is 2.14. The van der Waals surface area contributed by atoms with Crippen molar-refractivity contribution in [1.29, 1.82) is 0 Å². The molecular weight excluding hydrogens is 196 g/mol. The molecular formula is C9H10N4O2. The van der Waals surface area contributed by atoms with E-state index in [1.807, 2.05) is 18.2 Å². The van der Waals surface area contributed by atoms with Crippen molar-refractivity contribution in [3.05, 3.63) is 30.1 Å². The van der Waals surface area contributed by atoms with Crippen LogP contribution in [0.5, 0.6) is 5.75 Å². The smallest absolute Gasteiger partial charge is 0.200 e. The summed E-state index contributed by atoms with van der Waals surface area (Å²) in [6.07, 6.45) is 0. The van der Waals surface area contributed by atoms with Gasteiger partial charge in [0.05, 0.1) is 12.8 Å². The molecule has 1 heterocycles. The first kappa shape index (κ1) is 9.60. The van der Waals surface area contributed by atoms with Crippen LogP contribution >= 0.6 is 0 Å². The van der Waals surface area contributed by atoms with Crippen molar-refractivity contribution in [2.24, 2.45) is 0 Å². The third-order valence-corrected chi connectivity index (χ3v) is 1.88. The van der Waals surface area contributed by atoms with Gasteiger partial charge in [-0.2, -0.15) is 0 Å². The van der Waals surface area contributed by atoms with Crippen LogP contribution in [0, 0.1) is 0 Å². The van der Waals surface area contributed by atoms with E-state index in [1.54, 1.807) is 13.2 Å². The lowest BCUT2D eigenvalue weighted by atomic mass is 10.3. The SMILES string of the molecule is COc1cccc(-n2nnc(CO)n2)c1. The van der Waals surface area contributed by atoms with Crippen LogP contribution in [0.4, 0.5) is 0 Å². The molecule has 0 saturated carbocycles. The van der Waals surface area contributed by atoms with Crippen LogP contribution in [-0.4, -0.2) is 32.4 Å². The normalized spacial score (nSPS) is 10.3. The van der Waals surface area contributed by atoms with Gasteiger partial charge in [-0.25, -0.2) is 0 Å². The van der Waals surface area contributed by atoms with Crippen molar-refractivity contribution in [3.8, 4) is 11.4 Å². The monoisotopic (exact) mass is 206 g/mol. The molecule has 6 nitrogen and oxygen atoms in total. The molecule has 0 aliphatic heterocycles. The van der Waals surface area contributed by atoms with E-state index in [9.17, 15) is 0 Å². The maximum Gasteiger partial charge on any atom is 0.200 e. The molecule has 0 amide bonds. The van der Waals surface area contributed by atoms with Crippen LogP contribution in [0.25, 0.3) is 5.69 Å². The standard InChI is InChI=1S/C9H10N4O2/c1-15-8-4-2-3-7(5-8)13-11-9(6-14)10-12-13/h2-5,14H,6H2,1H3. The number of hydrogen-bond acceptors (Lipinski definition) is 5. The number of rotatable bonds is 3. The van der Waals surface area contributed by atoms with E-state index < -0.39 is 0 Å². The number of aromatic nitrogens is 4. The zero-order chi connectivity index (χ0) is 10.7. The maximum absolute atomic E-state index is 8.80. The van der Waals surface area contributed by atoms with Gasteiger partial charge in [0.1, 0.15) is 12.4 Å². The topological polar surface area (TPSA) is 73.1 Å². The van der Waals surface area contributed by atoms with Gasteiger partial charge in [-0.05, 0) is 17.3 Å². The predicted octanol–water partition coefficient (Wildman–Crippen LogP) is 0.163. The first-order valence-corrected chi connectivity index (χ1v) is 4.37. The summed E-state index contributed by atoms with van der Waals surface area (Å²) in [4.78, 5) is 1.34. The quantitative estimate of drug-likeness (QED) is 0.774. The van der Waals surface area contributed by atoms with Gasteiger partial charge in [0.15, 0.2) is 0 Å². The van der Waals surface area contributed by atoms with Crippen LogP contribution in [0.2, 0.25) is 0 Å². The van der Waals surface area contributed by atoms with E-state index in [2.05, 4.69) is 15.4 Å². The summed E-state index contributed by atoms with van der Waals surface area (Å²) in [5.74, 6) is 1.01. The summed E-state index contributed by atoms with van der Waals surface area (Å²) in [6.45, 7) is -0.218. The number of nitrogens with zero attached hydrogens (tertiary/aromatic N) is 4. The van der Waals surface area contributed by atoms with E-state index in [1.165, 1.54) is 4.80 Å². The van der Waals surface area contributed by atoms with E-state index in [0.29, 0.717) is 0 Å².